The Labute approximate surface area is 149 Å². The molecule has 0 aliphatic heterocycles. The first kappa shape index (κ1) is 16.6. The average Bonchev–Trinajstić information content (AvgIpc) is 2.85. The number of nitrogens with zero attached hydrogens (tertiary/aromatic N) is 2. The van der Waals surface area contributed by atoms with Crippen LogP contribution >= 0.6 is 23.2 Å². The van der Waals surface area contributed by atoms with Crippen LogP contribution in [0.1, 0.15) is 21.7 Å². The van der Waals surface area contributed by atoms with Crippen molar-refractivity contribution in [3.05, 3.63) is 69.5 Å². The van der Waals surface area contributed by atoms with Gasteiger partial charge in [0.1, 0.15) is 0 Å². The fraction of sp³-hybridized carbons (Fsp3) is 0.111. The van der Waals surface area contributed by atoms with Crippen LogP contribution in [0.4, 0.5) is 0 Å². The van der Waals surface area contributed by atoms with E-state index in [1.807, 2.05) is 19.9 Å². The van der Waals surface area contributed by atoms with Gasteiger partial charge in [0.05, 0.1) is 27.0 Å². The Morgan fingerprint density at radius 3 is 2.46 bits per heavy atom. The van der Waals surface area contributed by atoms with Gasteiger partial charge in [0.2, 0.25) is 0 Å². The van der Waals surface area contributed by atoms with E-state index in [1.165, 1.54) is 0 Å². The molecule has 0 atom stereocenters. The molecule has 0 aliphatic rings. The van der Waals surface area contributed by atoms with Crippen LogP contribution in [0.15, 0.2) is 42.5 Å². The van der Waals surface area contributed by atoms with Gasteiger partial charge in [-0.3, -0.25) is 0 Å². The van der Waals surface area contributed by atoms with Crippen molar-refractivity contribution in [2.45, 2.75) is 13.8 Å². The van der Waals surface area contributed by atoms with E-state index in [4.69, 9.17) is 23.2 Å². The first-order chi connectivity index (χ1) is 11.4. The van der Waals surface area contributed by atoms with Gasteiger partial charge in [0.15, 0.2) is 0 Å². The van der Waals surface area contributed by atoms with Gasteiger partial charge in [-0.1, -0.05) is 41.4 Å². The minimum absolute atomic E-state index is 0.198. The van der Waals surface area contributed by atoms with E-state index in [1.54, 1.807) is 41.1 Å². The number of hydrogen-bond acceptors (Lipinski definition) is 2. The van der Waals surface area contributed by atoms with Crippen LogP contribution in [-0.2, 0) is 0 Å². The highest BCUT2D eigenvalue weighted by molar-refractivity contribution is 6.42. The first-order valence-electron chi connectivity index (χ1n) is 7.24. The zero-order chi connectivity index (χ0) is 17.4. The molecule has 6 heteroatoms. The SMILES string of the molecule is Cc1nn(-c2ccccc2C(=O)O)c(C)c1-c1ccc(Cl)c(Cl)c1. The van der Waals surface area contributed by atoms with Crippen molar-refractivity contribution in [2.24, 2.45) is 0 Å². The van der Waals surface area contributed by atoms with Crippen molar-refractivity contribution in [2.75, 3.05) is 0 Å². The van der Waals surface area contributed by atoms with Crippen molar-refractivity contribution in [3.8, 4) is 16.8 Å². The van der Waals surface area contributed by atoms with Gasteiger partial charge in [0.25, 0.3) is 0 Å². The predicted octanol–water partition coefficient (Wildman–Crippen LogP) is 5.16. The van der Waals surface area contributed by atoms with Crippen LogP contribution in [0.2, 0.25) is 10.0 Å². The van der Waals surface area contributed by atoms with Gasteiger partial charge >= 0.3 is 5.97 Å². The number of rotatable bonds is 3. The number of carboxylic acid groups (broad SMARTS) is 1. The molecule has 0 aliphatic carbocycles. The molecule has 3 rings (SSSR count). The molecule has 4 nitrogen and oxygen atoms in total. The van der Waals surface area contributed by atoms with Crippen LogP contribution in [0.3, 0.4) is 0 Å². The molecule has 2 aromatic carbocycles. The van der Waals surface area contributed by atoms with Crippen molar-refractivity contribution in [1.82, 2.24) is 9.78 Å². The van der Waals surface area contributed by atoms with Gasteiger partial charge < -0.3 is 5.11 Å². The molecule has 1 aromatic heterocycles. The summed E-state index contributed by atoms with van der Waals surface area (Å²) in [4.78, 5) is 11.5. The van der Waals surface area contributed by atoms with Gasteiger partial charge in [0, 0.05) is 11.3 Å². The maximum Gasteiger partial charge on any atom is 0.337 e. The Kier molecular flexibility index (Phi) is 4.35. The average molecular weight is 361 g/mol. The molecule has 24 heavy (non-hydrogen) atoms. The summed E-state index contributed by atoms with van der Waals surface area (Å²) in [5, 5.41) is 14.9. The van der Waals surface area contributed by atoms with E-state index >= 15 is 0 Å². The largest absolute Gasteiger partial charge is 0.478 e. The molecular weight excluding hydrogens is 347 g/mol. The fourth-order valence-corrected chi connectivity index (χ4v) is 3.08. The lowest BCUT2D eigenvalue weighted by Gasteiger charge is -2.09. The second-order valence-corrected chi connectivity index (χ2v) is 6.22. The molecule has 0 saturated heterocycles. The number of aromatic nitrogens is 2. The van der Waals surface area contributed by atoms with E-state index in [-0.39, 0.29) is 5.56 Å². The van der Waals surface area contributed by atoms with E-state index in [0.717, 1.165) is 22.5 Å². The highest BCUT2D eigenvalue weighted by Gasteiger charge is 2.19. The molecule has 0 bridgehead atoms. The number of aromatic carboxylic acids is 1. The van der Waals surface area contributed by atoms with E-state index < -0.39 is 5.97 Å². The van der Waals surface area contributed by atoms with Gasteiger partial charge in [-0.15, -0.1) is 0 Å². The van der Waals surface area contributed by atoms with Crippen molar-refractivity contribution < 1.29 is 9.90 Å². The van der Waals surface area contributed by atoms with Crippen LogP contribution < -0.4 is 0 Å². The topological polar surface area (TPSA) is 55.1 Å². The minimum atomic E-state index is -0.991. The minimum Gasteiger partial charge on any atom is -0.478 e. The summed E-state index contributed by atoms with van der Waals surface area (Å²) in [6.07, 6.45) is 0. The normalized spacial score (nSPS) is 10.8. The first-order valence-corrected chi connectivity index (χ1v) is 8.00. The van der Waals surface area contributed by atoms with Crippen LogP contribution in [0.5, 0.6) is 0 Å². The summed E-state index contributed by atoms with van der Waals surface area (Å²) >= 11 is 12.1. The summed E-state index contributed by atoms with van der Waals surface area (Å²) in [5.74, 6) is -0.991. The zero-order valence-corrected chi connectivity index (χ0v) is 14.6. The van der Waals surface area contributed by atoms with Crippen LogP contribution in [-0.4, -0.2) is 20.9 Å². The maximum atomic E-state index is 11.5. The van der Waals surface area contributed by atoms with Gasteiger partial charge in [-0.05, 0) is 43.7 Å². The second-order valence-electron chi connectivity index (χ2n) is 5.41. The maximum absolute atomic E-state index is 11.5. The smallest absolute Gasteiger partial charge is 0.337 e. The highest BCUT2D eigenvalue weighted by atomic mass is 35.5. The molecule has 0 radical (unpaired) electrons. The highest BCUT2D eigenvalue weighted by Crippen LogP contribution is 2.33. The molecule has 1 heterocycles. The third kappa shape index (κ3) is 2.79. The summed E-state index contributed by atoms with van der Waals surface area (Å²) in [6, 6.07) is 12.2. The lowest BCUT2D eigenvalue weighted by atomic mass is 10.0. The summed E-state index contributed by atoms with van der Waals surface area (Å²) < 4.78 is 1.65. The Morgan fingerprint density at radius 1 is 1.08 bits per heavy atom. The molecule has 0 saturated carbocycles. The molecule has 0 spiro atoms. The second kappa shape index (κ2) is 6.30. The monoisotopic (exact) mass is 360 g/mol. The van der Waals surface area contributed by atoms with E-state index in [0.29, 0.717) is 15.7 Å². The lowest BCUT2D eigenvalue weighted by Crippen LogP contribution is -2.07. The predicted molar refractivity (Wildman–Crippen MR) is 95.5 cm³/mol. The van der Waals surface area contributed by atoms with Crippen molar-refractivity contribution in [3.63, 3.8) is 0 Å². The van der Waals surface area contributed by atoms with Gasteiger partial charge in [-0.25, -0.2) is 9.48 Å². The van der Waals surface area contributed by atoms with Crippen molar-refractivity contribution in [1.29, 1.82) is 0 Å². The Morgan fingerprint density at radius 2 is 1.79 bits per heavy atom. The number of hydrogen-bond donors (Lipinski definition) is 1. The Balaban J connectivity index is 2.21. The van der Waals surface area contributed by atoms with Crippen LogP contribution in [0.25, 0.3) is 16.8 Å². The molecule has 1 N–H and O–H groups in total. The van der Waals surface area contributed by atoms with Crippen molar-refractivity contribution >= 4 is 29.2 Å². The van der Waals surface area contributed by atoms with Gasteiger partial charge in [-0.2, -0.15) is 5.10 Å². The molecule has 0 fully saturated rings. The number of halogens is 2. The Hall–Kier alpha value is -2.30. The molecule has 0 amide bonds. The summed E-state index contributed by atoms with van der Waals surface area (Å²) in [6.45, 7) is 3.78. The zero-order valence-electron chi connectivity index (χ0n) is 13.0. The third-order valence-corrected chi connectivity index (χ3v) is 4.60. The number of carbonyl (C=O) groups is 1. The number of aryl methyl sites for hydroxylation is 1. The standard InChI is InChI=1S/C18H14Cl2N2O2/c1-10-17(12-7-8-14(19)15(20)9-12)11(2)22(21-10)16-6-4-3-5-13(16)18(23)24/h3-9H,1-2H3,(H,23,24). The Bertz CT molecular complexity index is 948. The fourth-order valence-electron chi connectivity index (χ4n) is 2.79. The number of carboxylic acids is 1. The van der Waals surface area contributed by atoms with E-state index in [9.17, 15) is 9.90 Å². The quantitative estimate of drug-likeness (QED) is 0.701. The molecule has 0 unspecified atom stereocenters. The summed E-state index contributed by atoms with van der Waals surface area (Å²) in [5.41, 5.74) is 4.14. The number of para-hydroxylation sites is 1. The summed E-state index contributed by atoms with van der Waals surface area (Å²) in [7, 11) is 0. The van der Waals surface area contributed by atoms with Crippen LogP contribution in [0, 0.1) is 13.8 Å². The number of benzene rings is 2. The lowest BCUT2D eigenvalue weighted by molar-refractivity contribution is 0.0696. The van der Waals surface area contributed by atoms with E-state index in [2.05, 4.69) is 5.10 Å². The molecule has 3 aromatic rings. The molecule has 122 valence electrons. The third-order valence-electron chi connectivity index (χ3n) is 3.86. The molecular formula is C18H14Cl2N2O2.